The second kappa shape index (κ2) is 8.67. The van der Waals surface area contributed by atoms with Crippen LogP contribution in [0.2, 0.25) is 0 Å². The summed E-state index contributed by atoms with van der Waals surface area (Å²) in [6.07, 6.45) is 3.67. The number of pyridine rings is 1. The first-order valence-corrected chi connectivity index (χ1v) is 7.66. The third kappa shape index (κ3) is 5.39. The molecule has 0 aliphatic rings. The van der Waals surface area contributed by atoms with Gasteiger partial charge in [-0.15, -0.1) is 0 Å². The summed E-state index contributed by atoms with van der Waals surface area (Å²) >= 11 is 0. The second-order valence-corrected chi connectivity index (χ2v) is 5.49. The SMILES string of the molecule is COC(=O)C(CNC(=O)Nc1cccnc1)Cc1cccc(C)c1. The molecule has 6 nitrogen and oxygen atoms in total. The summed E-state index contributed by atoms with van der Waals surface area (Å²) in [6, 6.07) is 11.0. The van der Waals surface area contributed by atoms with Gasteiger partial charge in [0.2, 0.25) is 0 Å². The van der Waals surface area contributed by atoms with E-state index in [1.54, 1.807) is 24.5 Å². The highest BCUT2D eigenvalue weighted by atomic mass is 16.5. The number of carbonyl (C=O) groups is 2. The quantitative estimate of drug-likeness (QED) is 0.799. The van der Waals surface area contributed by atoms with E-state index in [-0.39, 0.29) is 18.5 Å². The lowest BCUT2D eigenvalue weighted by atomic mass is 9.98. The Morgan fingerprint density at radius 2 is 2.08 bits per heavy atom. The van der Waals surface area contributed by atoms with E-state index in [4.69, 9.17) is 4.74 Å². The molecule has 0 radical (unpaired) electrons. The Labute approximate surface area is 141 Å². The number of hydrogen-bond donors (Lipinski definition) is 2. The first-order valence-electron chi connectivity index (χ1n) is 7.66. The van der Waals surface area contributed by atoms with E-state index in [1.807, 2.05) is 31.2 Å². The first kappa shape index (κ1) is 17.5. The van der Waals surface area contributed by atoms with Crippen molar-refractivity contribution in [3.05, 3.63) is 59.9 Å². The van der Waals surface area contributed by atoms with Crippen LogP contribution < -0.4 is 10.6 Å². The molecule has 24 heavy (non-hydrogen) atoms. The van der Waals surface area contributed by atoms with Crippen LogP contribution in [0.3, 0.4) is 0 Å². The van der Waals surface area contributed by atoms with E-state index in [0.717, 1.165) is 11.1 Å². The van der Waals surface area contributed by atoms with E-state index >= 15 is 0 Å². The number of nitrogens with zero attached hydrogens (tertiary/aromatic N) is 1. The molecule has 0 saturated heterocycles. The normalized spacial score (nSPS) is 11.4. The van der Waals surface area contributed by atoms with Crippen LogP contribution in [-0.4, -0.2) is 30.6 Å². The van der Waals surface area contributed by atoms with Crippen molar-refractivity contribution in [3.8, 4) is 0 Å². The summed E-state index contributed by atoms with van der Waals surface area (Å²) in [5.41, 5.74) is 2.74. The third-order valence-electron chi connectivity index (χ3n) is 3.53. The van der Waals surface area contributed by atoms with Gasteiger partial charge in [0.05, 0.1) is 24.9 Å². The highest BCUT2D eigenvalue weighted by Gasteiger charge is 2.20. The molecule has 0 saturated carbocycles. The molecule has 0 fully saturated rings. The zero-order valence-corrected chi connectivity index (χ0v) is 13.8. The largest absolute Gasteiger partial charge is 0.469 e. The van der Waals surface area contributed by atoms with Crippen LogP contribution >= 0.6 is 0 Å². The maximum Gasteiger partial charge on any atom is 0.319 e. The van der Waals surface area contributed by atoms with Gasteiger partial charge in [-0.2, -0.15) is 0 Å². The van der Waals surface area contributed by atoms with Gasteiger partial charge in [-0.3, -0.25) is 9.78 Å². The zero-order chi connectivity index (χ0) is 17.4. The number of aromatic nitrogens is 1. The number of nitrogens with one attached hydrogen (secondary N) is 2. The number of urea groups is 1. The van der Waals surface area contributed by atoms with Crippen LogP contribution in [0, 0.1) is 12.8 Å². The number of hydrogen-bond acceptors (Lipinski definition) is 4. The Morgan fingerprint density at radius 3 is 2.75 bits per heavy atom. The first-order chi connectivity index (χ1) is 11.6. The Kier molecular flexibility index (Phi) is 6.31. The maximum absolute atomic E-state index is 12.0. The summed E-state index contributed by atoms with van der Waals surface area (Å²) in [6.45, 7) is 2.18. The predicted molar refractivity (Wildman–Crippen MR) is 91.6 cm³/mol. The molecule has 2 N–H and O–H groups in total. The van der Waals surface area contributed by atoms with Crippen molar-refractivity contribution in [1.29, 1.82) is 0 Å². The lowest BCUT2D eigenvalue weighted by Crippen LogP contribution is -2.37. The van der Waals surface area contributed by atoms with Crippen molar-refractivity contribution in [2.24, 2.45) is 5.92 Å². The number of carbonyl (C=O) groups excluding carboxylic acids is 2. The fourth-order valence-electron chi connectivity index (χ4n) is 2.36. The van der Waals surface area contributed by atoms with E-state index in [0.29, 0.717) is 12.1 Å². The minimum Gasteiger partial charge on any atom is -0.469 e. The van der Waals surface area contributed by atoms with Gasteiger partial charge < -0.3 is 15.4 Å². The Hall–Kier alpha value is -2.89. The number of rotatable bonds is 6. The predicted octanol–water partition coefficient (Wildman–Crippen LogP) is 2.54. The van der Waals surface area contributed by atoms with Crippen LogP contribution in [0.15, 0.2) is 48.8 Å². The molecule has 0 aliphatic heterocycles. The van der Waals surface area contributed by atoms with Crippen molar-refractivity contribution in [3.63, 3.8) is 0 Å². The molecule has 1 atom stereocenters. The molecule has 1 aromatic heterocycles. The lowest BCUT2D eigenvalue weighted by molar-refractivity contribution is -0.145. The molecule has 2 amide bonds. The fourth-order valence-corrected chi connectivity index (χ4v) is 2.36. The van der Waals surface area contributed by atoms with Crippen LogP contribution in [0.5, 0.6) is 0 Å². The molecule has 1 unspecified atom stereocenters. The van der Waals surface area contributed by atoms with E-state index < -0.39 is 5.92 Å². The van der Waals surface area contributed by atoms with Crippen molar-refractivity contribution in [2.45, 2.75) is 13.3 Å². The van der Waals surface area contributed by atoms with Crippen LogP contribution in [0.25, 0.3) is 0 Å². The van der Waals surface area contributed by atoms with Crippen LogP contribution in [0.4, 0.5) is 10.5 Å². The number of aryl methyl sites for hydroxylation is 1. The van der Waals surface area contributed by atoms with E-state index in [1.165, 1.54) is 7.11 Å². The minimum atomic E-state index is -0.448. The standard InChI is InChI=1S/C18H21N3O3/c1-13-5-3-6-14(9-13)10-15(17(22)24-2)11-20-18(23)21-16-7-4-8-19-12-16/h3-9,12,15H,10-11H2,1-2H3,(H2,20,21,23). The van der Waals surface area contributed by atoms with Gasteiger partial charge in [-0.1, -0.05) is 29.8 Å². The van der Waals surface area contributed by atoms with Gasteiger partial charge in [-0.25, -0.2) is 4.79 Å². The number of ether oxygens (including phenoxy) is 1. The average Bonchev–Trinajstić information content (AvgIpc) is 2.59. The lowest BCUT2D eigenvalue weighted by Gasteiger charge is -2.16. The number of amides is 2. The highest BCUT2D eigenvalue weighted by Crippen LogP contribution is 2.12. The molecule has 6 heteroatoms. The van der Waals surface area contributed by atoms with Crippen molar-refractivity contribution in [2.75, 3.05) is 19.0 Å². The van der Waals surface area contributed by atoms with Gasteiger partial charge in [0, 0.05) is 12.7 Å². The van der Waals surface area contributed by atoms with Gasteiger partial charge in [0.1, 0.15) is 0 Å². The Balaban J connectivity index is 1.93. The molecule has 0 bridgehead atoms. The third-order valence-corrected chi connectivity index (χ3v) is 3.53. The minimum absolute atomic E-state index is 0.187. The Bertz CT molecular complexity index is 689. The maximum atomic E-state index is 12.0. The molecule has 0 aliphatic carbocycles. The van der Waals surface area contributed by atoms with E-state index in [2.05, 4.69) is 15.6 Å². The van der Waals surface area contributed by atoms with Gasteiger partial charge in [0.15, 0.2) is 0 Å². The molecule has 126 valence electrons. The summed E-state index contributed by atoms with van der Waals surface area (Å²) in [5.74, 6) is -0.797. The van der Waals surface area contributed by atoms with Gasteiger partial charge >= 0.3 is 12.0 Å². The monoisotopic (exact) mass is 327 g/mol. The molecular formula is C18H21N3O3. The molecule has 2 aromatic rings. The average molecular weight is 327 g/mol. The Morgan fingerprint density at radius 1 is 1.25 bits per heavy atom. The fraction of sp³-hybridized carbons (Fsp3) is 0.278. The number of methoxy groups -OCH3 is 1. The van der Waals surface area contributed by atoms with E-state index in [9.17, 15) is 9.59 Å². The topological polar surface area (TPSA) is 80.3 Å². The highest BCUT2D eigenvalue weighted by molar-refractivity contribution is 5.89. The molecule has 2 rings (SSSR count). The summed E-state index contributed by atoms with van der Waals surface area (Å²) in [7, 11) is 1.35. The van der Waals surface area contributed by atoms with Crippen LogP contribution in [0.1, 0.15) is 11.1 Å². The molecular weight excluding hydrogens is 306 g/mol. The smallest absolute Gasteiger partial charge is 0.319 e. The van der Waals surface area contributed by atoms with Crippen molar-refractivity contribution >= 4 is 17.7 Å². The number of benzene rings is 1. The summed E-state index contributed by atoms with van der Waals surface area (Å²) in [4.78, 5) is 27.8. The summed E-state index contributed by atoms with van der Waals surface area (Å²) < 4.78 is 4.84. The number of esters is 1. The second-order valence-electron chi connectivity index (χ2n) is 5.49. The molecule has 1 heterocycles. The van der Waals surface area contributed by atoms with Gasteiger partial charge in [0.25, 0.3) is 0 Å². The van der Waals surface area contributed by atoms with Crippen LogP contribution in [-0.2, 0) is 16.0 Å². The molecule has 0 spiro atoms. The summed E-state index contributed by atoms with van der Waals surface area (Å²) in [5, 5.41) is 5.37. The van der Waals surface area contributed by atoms with Crippen molar-refractivity contribution in [1.82, 2.24) is 10.3 Å². The number of anilines is 1. The zero-order valence-electron chi connectivity index (χ0n) is 13.8. The van der Waals surface area contributed by atoms with Gasteiger partial charge in [-0.05, 0) is 31.0 Å². The van der Waals surface area contributed by atoms with Crippen molar-refractivity contribution < 1.29 is 14.3 Å². The molecule has 1 aromatic carbocycles.